The molecule has 0 bridgehead atoms. The number of rotatable bonds is 11. The summed E-state index contributed by atoms with van der Waals surface area (Å²) in [5.74, 6) is 0.709. The Morgan fingerprint density at radius 2 is 1.97 bits per heavy atom. The molecule has 3 rings (SSSR count). The van der Waals surface area contributed by atoms with E-state index in [1.54, 1.807) is 30.2 Å². The van der Waals surface area contributed by atoms with Crippen molar-refractivity contribution >= 4 is 24.1 Å². The van der Waals surface area contributed by atoms with E-state index in [4.69, 9.17) is 4.74 Å². The first-order chi connectivity index (χ1) is 16.3. The Morgan fingerprint density at radius 3 is 2.68 bits per heavy atom. The van der Waals surface area contributed by atoms with Crippen molar-refractivity contribution < 1.29 is 23.9 Å². The van der Waals surface area contributed by atoms with E-state index in [1.165, 1.54) is 4.90 Å². The smallest absolute Gasteiger partial charge is 0.327 e. The predicted octanol–water partition coefficient (Wildman–Crippen LogP) is 3.77. The number of amides is 4. The monoisotopic (exact) mass is 471 g/mol. The first-order valence-electron chi connectivity index (χ1n) is 12.4. The predicted molar refractivity (Wildman–Crippen MR) is 128 cm³/mol. The van der Waals surface area contributed by atoms with Crippen LogP contribution in [-0.4, -0.2) is 60.2 Å². The molecule has 2 unspecified atom stereocenters. The summed E-state index contributed by atoms with van der Waals surface area (Å²) in [6.45, 7) is 5.33. The zero-order valence-corrected chi connectivity index (χ0v) is 20.5. The molecule has 1 aliphatic heterocycles. The highest BCUT2D eigenvalue weighted by Crippen LogP contribution is 2.36. The molecule has 34 heavy (non-hydrogen) atoms. The maximum atomic E-state index is 13.5. The van der Waals surface area contributed by atoms with Crippen LogP contribution in [0.25, 0.3) is 0 Å². The van der Waals surface area contributed by atoms with E-state index in [9.17, 15) is 19.2 Å². The molecular weight excluding hydrogens is 434 g/mol. The van der Waals surface area contributed by atoms with Gasteiger partial charge in [-0.15, -0.1) is 0 Å². The lowest BCUT2D eigenvalue weighted by atomic mass is 9.81. The number of urea groups is 1. The van der Waals surface area contributed by atoms with Crippen LogP contribution in [0.4, 0.5) is 4.79 Å². The van der Waals surface area contributed by atoms with Crippen LogP contribution in [-0.2, 0) is 16.1 Å². The maximum absolute atomic E-state index is 13.5. The molecule has 2 atom stereocenters. The number of fused-ring (bicyclic) bond motifs is 1. The molecule has 1 aromatic rings. The third-order valence-corrected chi connectivity index (χ3v) is 6.71. The number of hydrogen-bond donors (Lipinski definition) is 1. The van der Waals surface area contributed by atoms with Crippen molar-refractivity contribution in [1.29, 1.82) is 0 Å². The zero-order valence-electron chi connectivity index (χ0n) is 20.5. The lowest BCUT2D eigenvalue weighted by molar-refractivity contribution is -0.140. The fourth-order valence-corrected chi connectivity index (χ4v) is 4.90. The highest BCUT2D eigenvalue weighted by molar-refractivity contribution is 5.98. The summed E-state index contributed by atoms with van der Waals surface area (Å²) < 4.78 is 5.47. The van der Waals surface area contributed by atoms with Gasteiger partial charge in [0.05, 0.1) is 19.6 Å². The normalized spacial score (nSPS) is 20.4. The Bertz CT molecular complexity index is 900. The summed E-state index contributed by atoms with van der Waals surface area (Å²) in [7, 11) is 1.56. The van der Waals surface area contributed by atoms with Crippen LogP contribution in [0.5, 0.6) is 5.75 Å². The van der Waals surface area contributed by atoms with E-state index >= 15 is 0 Å². The topological polar surface area (TPSA) is 96.0 Å². The van der Waals surface area contributed by atoms with Gasteiger partial charge < -0.3 is 15.0 Å². The summed E-state index contributed by atoms with van der Waals surface area (Å²) >= 11 is 0. The molecule has 1 aliphatic carbocycles. The number of aldehydes is 1. The Kier molecular flexibility index (Phi) is 9.07. The van der Waals surface area contributed by atoms with Crippen molar-refractivity contribution in [3.63, 3.8) is 0 Å². The molecule has 1 N–H and O–H groups in total. The van der Waals surface area contributed by atoms with E-state index in [0.717, 1.165) is 37.5 Å². The Labute approximate surface area is 202 Å². The highest BCUT2D eigenvalue weighted by atomic mass is 16.5. The number of benzene rings is 1. The van der Waals surface area contributed by atoms with Crippen LogP contribution < -0.4 is 10.1 Å². The lowest BCUT2D eigenvalue weighted by Gasteiger charge is -2.47. The van der Waals surface area contributed by atoms with Gasteiger partial charge in [-0.1, -0.05) is 26.7 Å². The van der Waals surface area contributed by atoms with Crippen molar-refractivity contribution in [3.8, 4) is 5.75 Å². The number of imide groups is 1. The number of carbonyl (C=O) groups excluding carboxylic acids is 4. The van der Waals surface area contributed by atoms with Crippen LogP contribution in [0.1, 0.15) is 74.7 Å². The van der Waals surface area contributed by atoms with Crippen molar-refractivity contribution in [3.05, 3.63) is 29.3 Å². The summed E-state index contributed by atoms with van der Waals surface area (Å²) in [5, 5.41) is 2.90. The minimum atomic E-state index is -0.295. The average Bonchev–Trinajstić information content (AvgIpc) is 2.84. The molecule has 186 valence electrons. The second-order valence-electron chi connectivity index (χ2n) is 9.70. The van der Waals surface area contributed by atoms with Gasteiger partial charge in [0.25, 0.3) is 0 Å². The van der Waals surface area contributed by atoms with Crippen molar-refractivity contribution in [1.82, 2.24) is 15.1 Å². The Balaban J connectivity index is 1.70. The fourth-order valence-electron chi connectivity index (χ4n) is 4.90. The molecule has 8 heteroatoms. The SMILES string of the molecule is COc1ccc(C=O)cc1CN1C(=O)N(CCCCC(=O)NCC(C)C)C(=O)C2CCCCC21. The number of methoxy groups -OCH3 is 1. The highest BCUT2D eigenvalue weighted by Gasteiger charge is 2.46. The molecular formula is C26H37N3O5. The standard InChI is InChI=1S/C26H37N3O5/c1-18(2)15-27-24(31)10-6-7-13-28-25(32)21-8-4-5-9-22(21)29(26(28)33)16-20-14-19(17-30)11-12-23(20)34-3/h11-12,14,17-18,21-22H,4-10,13,15-16H2,1-3H3,(H,27,31). The van der Waals surface area contributed by atoms with E-state index in [0.29, 0.717) is 49.6 Å². The largest absolute Gasteiger partial charge is 0.496 e. The molecule has 1 heterocycles. The third kappa shape index (κ3) is 6.15. The molecule has 0 aromatic heterocycles. The number of ether oxygens (including phenoxy) is 1. The summed E-state index contributed by atoms with van der Waals surface area (Å²) in [6.07, 6.45) is 5.88. The first kappa shape index (κ1) is 25.7. The van der Waals surface area contributed by atoms with E-state index in [1.807, 2.05) is 13.8 Å². The van der Waals surface area contributed by atoms with Gasteiger partial charge in [-0.3, -0.25) is 19.3 Å². The van der Waals surface area contributed by atoms with Crippen molar-refractivity contribution in [2.45, 2.75) is 71.4 Å². The van der Waals surface area contributed by atoms with Gasteiger partial charge in [-0.05, 0) is 49.8 Å². The number of unbranched alkanes of at least 4 members (excludes halogenated alkanes) is 1. The molecule has 1 saturated heterocycles. The zero-order chi connectivity index (χ0) is 24.7. The fraction of sp³-hybridized carbons (Fsp3) is 0.615. The van der Waals surface area contributed by atoms with Crippen LogP contribution in [0.3, 0.4) is 0 Å². The summed E-state index contributed by atoms with van der Waals surface area (Å²) in [6, 6.07) is 4.73. The van der Waals surface area contributed by atoms with Gasteiger partial charge in [0, 0.05) is 36.7 Å². The van der Waals surface area contributed by atoms with Gasteiger partial charge in [0.15, 0.2) is 0 Å². The molecule has 2 aliphatic rings. The summed E-state index contributed by atoms with van der Waals surface area (Å²) in [4.78, 5) is 53.2. The minimum absolute atomic E-state index is 0.00104. The molecule has 1 saturated carbocycles. The number of carbonyl (C=O) groups is 4. The first-order valence-corrected chi connectivity index (χ1v) is 12.4. The number of nitrogens with zero attached hydrogens (tertiary/aromatic N) is 2. The van der Waals surface area contributed by atoms with Crippen LogP contribution in [0.15, 0.2) is 18.2 Å². The Hall–Kier alpha value is -2.90. The number of hydrogen-bond acceptors (Lipinski definition) is 5. The third-order valence-electron chi connectivity index (χ3n) is 6.71. The maximum Gasteiger partial charge on any atom is 0.327 e. The Morgan fingerprint density at radius 1 is 1.21 bits per heavy atom. The van der Waals surface area contributed by atoms with E-state index < -0.39 is 0 Å². The average molecular weight is 472 g/mol. The second-order valence-corrected chi connectivity index (χ2v) is 9.70. The van der Waals surface area contributed by atoms with Gasteiger partial charge in [0.1, 0.15) is 12.0 Å². The second kappa shape index (κ2) is 12.0. The van der Waals surface area contributed by atoms with Crippen molar-refractivity contribution in [2.75, 3.05) is 20.2 Å². The number of nitrogens with one attached hydrogen (secondary N) is 1. The quantitative estimate of drug-likeness (QED) is 0.391. The van der Waals surface area contributed by atoms with Crippen LogP contribution in [0, 0.1) is 11.8 Å². The molecule has 1 aromatic carbocycles. The molecule has 2 fully saturated rings. The molecule has 0 radical (unpaired) electrons. The van der Waals surface area contributed by atoms with Crippen LogP contribution in [0.2, 0.25) is 0 Å². The van der Waals surface area contributed by atoms with E-state index in [-0.39, 0.29) is 36.3 Å². The molecule has 4 amide bonds. The van der Waals surface area contributed by atoms with E-state index in [2.05, 4.69) is 5.32 Å². The summed E-state index contributed by atoms with van der Waals surface area (Å²) in [5.41, 5.74) is 1.27. The van der Waals surface area contributed by atoms with Gasteiger partial charge >= 0.3 is 6.03 Å². The molecule has 0 spiro atoms. The van der Waals surface area contributed by atoms with Crippen molar-refractivity contribution in [2.24, 2.45) is 11.8 Å². The molecule has 8 nitrogen and oxygen atoms in total. The van der Waals surface area contributed by atoms with Gasteiger partial charge in [-0.2, -0.15) is 0 Å². The van der Waals surface area contributed by atoms with Crippen LogP contribution >= 0.6 is 0 Å². The van der Waals surface area contributed by atoms with Gasteiger partial charge in [0.2, 0.25) is 11.8 Å². The lowest BCUT2D eigenvalue weighted by Crippen LogP contribution is -2.62. The minimum Gasteiger partial charge on any atom is -0.496 e. The van der Waals surface area contributed by atoms with Gasteiger partial charge in [-0.25, -0.2) is 4.79 Å².